The number of benzene rings is 10. The van der Waals surface area contributed by atoms with E-state index in [1.165, 1.54) is 121 Å². The van der Waals surface area contributed by atoms with E-state index >= 15 is 0 Å². The SMILES string of the molecule is CC1(C)c2cc(/C=C/c3ccc(-c4ccc5c(c4)c4ccccc4n5-c4ccccc4)cc3)ccc2-c2ccc(-c3ccc4c(c3)c3ccccc3n4-c3ccc4ccccc4c3)cc21. The third kappa shape index (κ3) is 5.95. The first-order chi connectivity index (χ1) is 32.0. The number of fused-ring (bicyclic) bond motifs is 10. The van der Waals surface area contributed by atoms with Crippen molar-refractivity contribution < 1.29 is 0 Å². The van der Waals surface area contributed by atoms with Crippen molar-refractivity contribution >= 4 is 66.5 Å². The summed E-state index contributed by atoms with van der Waals surface area (Å²) in [6.07, 6.45) is 4.50. The van der Waals surface area contributed by atoms with Gasteiger partial charge in [-0.2, -0.15) is 0 Å². The van der Waals surface area contributed by atoms with Crippen molar-refractivity contribution in [2.45, 2.75) is 19.3 Å². The lowest BCUT2D eigenvalue weighted by Crippen LogP contribution is -2.15. The van der Waals surface area contributed by atoms with Gasteiger partial charge in [-0.05, 0) is 133 Å². The van der Waals surface area contributed by atoms with Gasteiger partial charge in [-0.1, -0.05) is 178 Å². The molecule has 2 nitrogen and oxygen atoms in total. The Bertz CT molecular complexity index is 3890. The predicted molar refractivity (Wildman–Crippen MR) is 276 cm³/mol. The van der Waals surface area contributed by atoms with Crippen LogP contribution in [-0.4, -0.2) is 9.13 Å². The smallest absolute Gasteiger partial charge is 0.0541 e. The molecule has 65 heavy (non-hydrogen) atoms. The molecule has 2 aromatic heterocycles. The Hall–Kier alpha value is -8.20. The highest BCUT2D eigenvalue weighted by molar-refractivity contribution is 6.12. The monoisotopic (exact) mass is 828 g/mol. The third-order valence-corrected chi connectivity index (χ3v) is 14.1. The van der Waals surface area contributed by atoms with Crippen molar-refractivity contribution in [3.05, 3.63) is 241 Å². The van der Waals surface area contributed by atoms with Crippen LogP contribution in [0, 0.1) is 0 Å². The molecule has 0 amide bonds. The maximum atomic E-state index is 2.44. The van der Waals surface area contributed by atoms with Crippen LogP contribution >= 0.6 is 0 Å². The molecule has 12 aromatic rings. The highest BCUT2D eigenvalue weighted by atomic mass is 15.0. The van der Waals surface area contributed by atoms with Crippen LogP contribution in [0.3, 0.4) is 0 Å². The van der Waals surface area contributed by atoms with E-state index in [1.807, 2.05) is 0 Å². The molecule has 0 radical (unpaired) electrons. The molecule has 0 fully saturated rings. The number of para-hydroxylation sites is 3. The van der Waals surface area contributed by atoms with Crippen molar-refractivity contribution in [3.63, 3.8) is 0 Å². The van der Waals surface area contributed by atoms with Crippen LogP contribution in [0.2, 0.25) is 0 Å². The van der Waals surface area contributed by atoms with Crippen LogP contribution in [-0.2, 0) is 5.41 Å². The standard InChI is InChI=1S/C63H44N2/c1-63(2)57-36-42(21-20-41-22-25-44(26-23-41)46-29-34-61-55(38-46)53-16-8-10-18-59(53)64(61)49-14-4-3-5-15-49)24-32-51(57)52-33-28-48(40-58(52)63)47-30-35-62-56(39-47)54-17-9-11-19-60(54)65(62)50-31-27-43-12-6-7-13-45(43)37-50/h3-40H,1-2H3/b21-20+. The van der Waals surface area contributed by atoms with Crippen molar-refractivity contribution in [1.82, 2.24) is 9.13 Å². The van der Waals surface area contributed by atoms with Crippen molar-refractivity contribution in [1.29, 1.82) is 0 Å². The second-order valence-electron chi connectivity index (χ2n) is 18.2. The molecule has 10 aromatic carbocycles. The summed E-state index contributed by atoms with van der Waals surface area (Å²) < 4.78 is 4.78. The average Bonchev–Trinajstić information content (AvgIpc) is 3.95. The number of rotatable bonds is 6. The predicted octanol–water partition coefficient (Wildman–Crippen LogP) is 16.8. The van der Waals surface area contributed by atoms with E-state index in [-0.39, 0.29) is 5.41 Å². The minimum Gasteiger partial charge on any atom is -0.309 e. The highest BCUT2D eigenvalue weighted by Gasteiger charge is 2.35. The van der Waals surface area contributed by atoms with Crippen LogP contribution in [0.15, 0.2) is 218 Å². The lowest BCUT2D eigenvalue weighted by Gasteiger charge is -2.22. The van der Waals surface area contributed by atoms with E-state index in [0.717, 1.165) is 0 Å². The largest absolute Gasteiger partial charge is 0.309 e. The quantitative estimate of drug-likeness (QED) is 0.148. The molecule has 13 rings (SSSR count). The summed E-state index contributed by atoms with van der Waals surface area (Å²) in [5.74, 6) is 0. The van der Waals surface area contributed by atoms with Crippen LogP contribution in [0.1, 0.15) is 36.1 Å². The van der Waals surface area contributed by atoms with Crippen molar-refractivity contribution in [2.24, 2.45) is 0 Å². The van der Waals surface area contributed by atoms with Crippen molar-refractivity contribution in [3.8, 4) is 44.8 Å². The van der Waals surface area contributed by atoms with Gasteiger partial charge < -0.3 is 9.13 Å². The third-order valence-electron chi connectivity index (χ3n) is 14.1. The molecule has 0 aliphatic heterocycles. The zero-order valence-electron chi connectivity index (χ0n) is 36.3. The molecule has 0 bridgehead atoms. The first kappa shape index (κ1) is 37.4. The fraction of sp³-hybridized carbons (Fsp3) is 0.0476. The van der Waals surface area contributed by atoms with Gasteiger partial charge in [-0.25, -0.2) is 0 Å². The summed E-state index contributed by atoms with van der Waals surface area (Å²) in [6, 6.07) is 80.5. The average molecular weight is 829 g/mol. The Kier molecular flexibility index (Phi) is 8.29. The molecule has 2 heteroatoms. The Morgan fingerprint density at radius 3 is 1.52 bits per heavy atom. The summed E-state index contributed by atoms with van der Waals surface area (Å²) in [6.45, 7) is 4.76. The summed E-state index contributed by atoms with van der Waals surface area (Å²) in [5, 5.41) is 7.57. The first-order valence-electron chi connectivity index (χ1n) is 22.7. The summed E-state index contributed by atoms with van der Waals surface area (Å²) in [4.78, 5) is 0. The lowest BCUT2D eigenvalue weighted by molar-refractivity contribution is 0.660. The first-order valence-corrected chi connectivity index (χ1v) is 22.7. The van der Waals surface area contributed by atoms with Gasteiger partial charge in [0.15, 0.2) is 0 Å². The summed E-state index contributed by atoms with van der Waals surface area (Å²) in [7, 11) is 0. The fourth-order valence-corrected chi connectivity index (χ4v) is 10.8. The molecule has 1 aliphatic rings. The van der Waals surface area contributed by atoms with Gasteiger partial charge in [-0.3, -0.25) is 0 Å². The molecule has 2 heterocycles. The van der Waals surface area contributed by atoms with E-state index in [9.17, 15) is 0 Å². The minimum absolute atomic E-state index is 0.142. The Morgan fingerprint density at radius 2 is 0.815 bits per heavy atom. The molecule has 1 aliphatic carbocycles. The van der Waals surface area contributed by atoms with E-state index in [1.54, 1.807) is 0 Å². The van der Waals surface area contributed by atoms with Crippen LogP contribution < -0.4 is 0 Å². The second kappa shape index (κ2) is 14.4. The van der Waals surface area contributed by atoms with E-state index in [4.69, 9.17) is 0 Å². The van der Waals surface area contributed by atoms with Crippen LogP contribution in [0.5, 0.6) is 0 Å². The molecule has 0 saturated carbocycles. The molecular weight excluding hydrogens is 785 g/mol. The molecule has 0 saturated heterocycles. The van der Waals surface area contributed by atoms with E-state index < -0.39 is 0 Å². The minimum atomic E-state index is -0.142. The maximum Gasteiger partial charge on any atom is 0.0541 e. The van der Waals surface area contributed by atoms with Gasteiger partial charge in [0.1, 0.15) is 0 Å². The number of aromatic nitrogens is 2. The number of hydrogen-bond donors (Lipinski definition) is 0. The second-order valence-corrected chi connectivity index (χ2v) is 18.2. The summed E-state index contributed by atoms with van der Waals surface area (Å²) >= 11 is 0. The van der Waals surface area contributed by atoms with Crippen molar-refractivity contribution in [2.75, 3.05) is 0 Å². The van der Waals surface area contributed by atoms with Gasteiger partial charge in [0, 0.05) is 38.3 Å². The highest BCUT2D eigenvalue weighted by Crippen LogP contribution is 2.50. The molecule has 0 N–H and O–H groups in total. The fourth-order valence-electron chi connectivity index (χ4n) is 10.8. The number of nitrogens with zero attached hydrogens (tertiary/aromatic N) is 2. The van der Waals surface area contributed by atoms with Crippen LogP contribution in [0.25, 0.3) is 111 Å². The zero-order valence-corrected chi connectivity index (χ0v) is 36.3. The number of hydrogen-bond acceptors (Lipinski definition) is 0. The Morgan fingerprint density at radius 1 is 0.323 bits per heavy atom. The van der Waals surface area contributed by atoms with Gasteiger partial charge in [0.2, 0.25) is 0 Å². The van der Waals surface area contributed by atoms with Gasteiger partial charge in [0.25, 0.3) is 0 Å². The maximum absolute atomic E-state index is 2.44. The van der Waals surface area contributed by atoms with Gasteiger partial charge >= 0.3 is 0 Å². The van der Waals surface area contributed by atoms with Gasteiger partial charge in [0.05, 0.1) is 22.1 Å². The zero-order chi connectivity index (χ0) is 43.2. The molecular formula is C63H44N2. The van der Waals surface area contributed by atoms with E-state index in [0.29, 0.717) is 0 Å². The molecule has 0 spiro atoms. The molecule has 0 unspecified atom stereocenters. The van der Waals surface area contributed by atoms with Crippen LogP contribution in [0.4, 0.5) is 0 Å². The normalized spacial score (nSPS) is 13.1. The Labute approximate surface area is 378 Å². The lowest BCUT2D eigenvalue weighted by atomic mass is 9.81. The molecule has 0 atom stereocenters. The molecule has 306 valence electrons. The Balaban J connectivity index is 0.782. The summed E-state index contributed by atoms with van der Waals surface area (Å²) in [5.41, 5.74) is 19.8. The topological polar surface area (TPSA) is 9.86 Å². The van der Waals surface area contributed by atoms with Gasteiger partial charge in [-0.15, -0.1) is 0 Å². The van der Waals surface area contributed by atoms with E-state index in [2.05, 4.69) is 254 Å².